The van der Waals surface area contributed by atoms with Crippen molar-refractivity contribution in [3.05, 3.63) is 71.9 Å². The van der Waals surface area contributed by atoms with Crippen molar-refractivity contribution in [2.45, 2.75) is 0 Å². The topological polar surface area (TPSA) is 15.8 Å². The summed E-state index contributed by atoms with van der Waals surface area (Å²) in [7, 11) is 0. The van der Waals surface area contributed by atoms with Crippen LogP contribution in [0.1, 0.15) is 11.3 Å². The van der Waals surface area contributed by atoms with E-state index in [0.717, 1.165) is 5.69 Å². The second-order valence-corrected chi connectivity index (χ2v) is 7.25. The van der Waals surface area contributed by atoms with Gasteiger partial charge in [0.25, 0.3) is 0 Å². The van der Waals surface area contributed by atoms with Crippen molar-refractivity contribution in [3.63, 3.8) is 0 Å². The Bertz CT molecular complexity index is 1340. The Labute approximate surface area is 142 Å². The van der Waals surface area contributed by atoms with E-state index in [0.29, 0.717) is 0 Å². The third kappa shape index (κ3) is 1.43. The molecule has 0 aliphatic heterocycles. The molecule has 5 aromatic rings. The van der Waals surface area contributed by atoms with Gasteiger partial charge in [-0.2, -0.15) is 0 Å². The molecule has 2 heteroatoms. The molecule has 0 saturated heterocycles. The molecule has 0 unspecified atom stereocenters. The quantitative estimate of drug-likeness (QED) is 0.312. The number of fused-ring (bicyclic) bond motifs is 10. The number of allylic oxidation sites excluding steroid dienone is 2. The summed E-state index contributed by atoms with van der Waals surface area (Å²) in [4.78, 5) is 3.64. The average molecular weight is 322 g/mol. The molecule has 6 rings (SSSR count). The lowest BCUT2D eigenvalue weighted by Gasteiger charge is -2.03. The maximum atomic E-state index is 3.64. The minimum absolute atomic E-state index is 1.15. The molecule has 1 N–H and O–H groups in total. The van der Waals surface area contributed by atoms with Gasteiger partial charge in [0, 0.05) is 42.4 Å². The van der Waals surface area contributed by atoms with E-state index in [2.05, 4.69) is 65.7 Å². The van der Waals surface area contributed by atoms with Gasteiger partial charge in [0.05, 0.1) is 11.6 Å². The fraction of sp³-hybridized carbons (Fsp3) is 0. The van der Waals surface area contributed by atoms with Gasteiger partial charge in [0.15, 0.2) is 5.69 Å². The van der Waals surface area contributed by atoms with Gasteiger partial charge < -0.3 is 0 Å². The molecular weight excluding hydrogens is 310 g/mol. The summed E-state index contributed by atoms with van der Waals surface area (Å²) in [5.74, 6) is 0. The van der Waals surface area contributed by atoms with Crippen LogP contribution in [0.2, 0.25) is 0 Å². The van der Waals surface area contributed by atoms with E-state index in [1.165, 1.54) is 47.4 Å². The Morgan fingerprint density at radius 1 is 0.833 bits per heavy atom. The monoisotopic (exact) mass is 322 g/mol. The maximum absolute atomic E-state index is 3.64. The fourth-order valence-corrected chi connectivity index (χ4v) is 5.18. The first-order valence-corrected chi connectivity index (χ1v) is 8.87. The molecule has 0 radical (unpaired) electrons. The highest BCUT2D eigenvalue weighted by atomic mass is 32.1. The zero-order valence-electron chi connectivity index (χ0n) is 12.8. The van der Waals surface area contributed by atoms with Crippen molar-refractivity contribution in [2.24, 2.45) is 0 Å². The van der Waals surface area contributed by atoms with Crippen LogP contribution in [0, 0.1) is 6.08 Å². The van der Waals surface area contributed by atoms with Crippen LogP contribution < -0.4 is 0 Å². The first kappa shape index (κ1) is 12.5. The van der Waals surface area contributed by atoms with Gasteiger partial charge in [0.1, 0.15) is 17.7 Å². The predicted molar refractivity (Wildman–Crippen MR) is 105 cm³/mol. The molecule has 0 fully saturated rings. The Morgan fingerprint density at radius 3 is 2.54 bits per heavy atom. The number of thiophene rings is 1. The molecule has 2 aromatic heterocycles. The van der Waals surface area contributed by atoms with Crippen molar-refractivity contribution < 1.29 is 0 Å². The third-order valence-corrected chi connectivity index (χ3v) is 6.13. The van der Waals surface area contributed by atoms with Crippen molar-refractivity contribution in [1.29, 1.82) is 0 Å². The molecule has 3 aromatic carbocycles. The Balaban J connectivity index is 2.05. The Hall–Kier alpha value is -2.93. The molecule has 0 saturated carbocycles. The summed E-state index contributed by atoms with van der Waals surface area (Å²) < 4.78 is 2.73. The van der Waals surface area contributed by atoms with Gasteiger partial charge in [0.2, 0.25) is 0 Å². The van der Waals surface area contributed by atoms with Crippen molar-refractivity contribution in [1.82, 2.24) is 4.98 Å². The number of hydrogen-bond acceptors (Lipinski definition) is 1. The van der Waals surface area contributed by atoms with E-state index in [-0.39, 0.29) is 0 Å². The first-order chi connectivity index (χ1) is 11.9. The van der Waals surface area contributed by atoms with Crippen molar-refractivity contribution in [2.75, 3.05) is 0 Å². The average Bonchev–Trinajstić information content (AvgIpc) is 3.20. The van der Waals surface area contributed by atoms with Crippen LogP contribution in [-0.4, -0.2) is 4.98 Å². The van der Waals surface area contributed by atoms with Crippen LogP contribution in [0.4, 0.5) is 0 Å². The fourth-order valence-electron chi connectivity index (χ4n) is 3.93. The summed E-state index contributed by atoms with van der Waals surface area (Å²) in [6, 6.07) is 17.5. The number of aromatic amines is 1. The number of hydrogen-bond donors (Lipinski definition) is 1. The molecule has 0 atom stereocenters. The molecule has 2 heterocycles. The van der Waals surface area contributed by atoms with E-state index in [1.54, 1.807) is 0 Å². The maximum Gasteiger partial charge on any atom is 0.159 e. The van der Waals surface area contributed by atoms with E-state index in [9.17, 15) is 0 Å². The standard InChI is InChI=1S/C22H12NS/c1-2-8-14-13(7-1)21-19(15-9-3-5-11-17(15)23-21)20-16-10-4-6-12-18(16)24-22(14)20/h1-4,6-12,23H/q+1. The first-order valence-electron chi connectivity index (χ1n) is 8.05. The van der Waals surface area contributed by atoms with Crippen LogP contribution in [-0.2, 0) is 0 Å². The zero-order chi connectivity index (χ0) is 15.7. The normalized spacial score (nSPS) is 13.2. The molecule has 0 bridgehead atoms. The summed E-state index contributed by atoms with van der Waals surface area (Å²) in [6.07, 6.45) is 9.42. The molecule has 1 aliphatic carbocycles. The van der Waals surface area contributed by atoms with E-state index < -0.39 is 0 Å². The summed E-state index contributed by atoms with van der Waals surface area (Å²) >= 11 is 1.90. The van der Waals surface area contributed by atoms with Gasteiger partial charge in [-0.15, -0.1) is 11.3 Å². The number of aromatic nitrogens is 1. The van der Waals surface area contributed by atoms with Crippen LogP contribution in [0.15, 0.2) is 54.6 Å². The van der Waals surface area contributed by atoms with Gasteiger partial charge in [-0.05, 0) is 6.07 Å². The van der Waals surface area contributed by atoms with E-state index in [4.69, 9.17) is 0 Å². The van der Waals surface area contributed by atoms with Crippen molar-refractivity contribution >= 4 is 65.3 Å². The van der Waals surface area contributed by atoms with Gasteiger partial charge in [-0.25, -0.2) is 0 Å². The number of H-pyrrole nitrogens is 1. The van der Waals surface area contributed by atoms with E-state index >= 15 is 0 Å². The molecule has 0 amide bonds. The molecule has 24 heavy (non-hydrogen) atoms. The van der Waals surface area contributed by atoms with Gasteiger partial charge in [-0.3, -0.25) is 4.98 Å². The molecule has 110 valence electrons. The van der Waals surface area contributed by atoms with Crippen molar-refractivity contribution in [3.8, 4) is 0 Å². The van der Waals surface area contributed by atoms with Crippen LogP contribution in [0.5, 0.6) is 0 Å². The molecule has 1 nitrogen and oxygen atoms in total. The predicted octanol–water partition coefficient (Wildman–Crippen LogP) is 6.53. The van der Waals surface area contributed by atoms with Gasteiger partial charge in [-0.1, -0.05) is 42.5 Å². The lowest BCUT2D eigenvalue weighted by atomic mass is 9.98. The number of rotatable bonds is 0. The molecule has 1 aliphatic rings. The van der Waals surface area contributed by atoms with Crippen LogP contribution in [0.3, 0.4) is 0 Å². The number of benzene rings is 3. The smallest absolute Gasteiger partial charge is 0.159 e. The molecule has 0 spiro atoms. The number of nitrogens with one attached hydrogen (secondary N) is 1. The van der Waals surface area contributed by atoms with Crippen LogP contribution in [0.25, 0.3) is 54.0 Å². The minimum atomic E-state index is 1.15. The summed E-state index contributed by atoms with van der Waals surface area (Å²) in [6.45, 7) is 0. The third-order valence-electron chi connectivity index (χ3n) is 4.93. The summed E-state index contributed by atoms with van der Waals surface area (Å²) in [5.41, 5.74) is 3.67. The SMILES string of the molecule is [C+]1=Cc2[nH]c3c4ccccc4c4sc5ccccc5c4c3c2C=C1. The highest BCUT2D eigenvalue weighted by Gasteiger charge is 2.23. The molecular formula is C22H12NS+. The second-order valence-electron chi connectivity index (χ2n) is 6.19. The Morgan fingerprint density at radius 2 is 1.62 bits per heavy atom. The lowest BCUT2D eigenvalue weighted by molar-refractivity contribution is 1.42. The minimum Gasteiger partial charge on any atom is -0.300 e. The Kier molecular flexibility index (Phi) is 2.25. The highest BCUT2D eigenvalue weighted by Crippen LogP contribution is 2.46. The van der Waals surface area contributed by atoms with Gasteiger partial charge >= 0.3 is 0 Å². The lowest BCUT2D eigenvalue weighted by Crippen LogP contribution is -1.80. The van der Waals surface area contributed by atoms with Crippen LogP contribution >= 0.6 is 11.3 Å². The largest absolute Gasteiger partial charge is 0.300 e. The zero-order valence-corrected chi connectivity index (χ0v) is 13.6. The second kappa shape index (κ2) is 4.33. The highest BCUT2D eigenvalue weighted by molar-refractivity contribution is 7.27. The van der Waals surface area contributed by atoms with E-state index in [1.807, 2.05) is 23.5 Å². The summed E-state index contributed by atoms with van der Waals surface area (Å²) in [5, 5.41) is 6.69.